The molecule has 0 aliphatic carbocycles. The summed E-state index contributed by atoms with van der Waals surface area (Å²) in [4.78, 5) is 17.5. The number of imidazole rings is 1. The molecule has 0 aliphatic rings. The van der Waals surface area contributed by atoms with Crippen LogP contribution >= 0.6 is 11.3 Å². The summed E-state index contributed by atoms with van der Waals surface area (Å²) in [6.45, 7) is 3.33. The number of hydrogen-bond acceptors (Lipinski definition) is 4. The number of carboxylic acids is 1. The van der Waals surface area contributed by atoms with Crippen molar-refractivity contribution < 1.29 is 9.90 Å². The molecule has 0 amide bonds. The summed E-state index contributed by atoms with van der Waals surface area (Å²) in [5, 5.41) is 11.7. The van der Waals surface area contributed by atoms with Gasteiger partial charge in [0.1, 0.15) is 5.82 Å². The second kappa shape index (κ2) is 10.2. The normalized spacial score (nSPS) is 11.7. The third-order valence-electron chi connectivity index (χ3n) is 4.86. The maximum atomic E-state index is 11.8. The van der Waals surface area contributed by atoms with E-state index >= 15 is 0 Å². The van der Waals surface area contributed by atoms with Gasteiger partial charge in [-0.05, 0) is 35.1 Å². The maximum Gasteiger partial charge on any atom is 0.332 e. The van der Waals surface area contributed by atoms with Gasteiger partial charge in [-0.3, -0.25) is 0 Å². The molecule has 0 radical (unpaired) electrons. The molecule has 0 unspecified atom stereocenters. The second-order valence-electron chi connectivity index (χ2n) is 7.04. The standard InChI is InChI=1S/C23H27N3O2S/c1-2-3-6-22-25-15-20(12-19(23(27)28)13-21-5-4-11-29-21)26(22)16-18-9-7-17(14-24)8-10-18/h4-5,7-12,15H,2-3,6,13-14,16,24H2,1H3,(H,27,28)/b19-12+. The zero-order valence-electron chi connectivity index (χ0n) is 16.7. The van der Waals surface area contributed by atoms with Crippen molar-refractivity contribution in [2.24, 2.45) is 5.73 Å². The van der Waals surface area contributed by atoms with Crippen molar-refractivity contribution in [3.05, 3.63) is 81.1 Å². The lowest BCUT2D eigenvalue weighted by Gasteiger charge is -2.12. The molecule has 0 spiro atoms. The highest BCUT2D eigenvalue weighted by Gasteiger charge is 2.14. The van der Waals surface area contributed by atoms with Crippen molar-refractivity contribution in [1.82, 2.24) is 9.55 Å². The minimum Gasteiger partial charge on any atom is -0.478 e. The van der Waals surface area contributed by atoms with E-state index in [1.807, 2.05) is 29.6 Å². The van der Waals surface area contributed by atoms with Crippen molar-refractivity contribution in [2.45, 2.75) is 45.7 Å². The van der Waals surface area contributed by atoms with Crippen LogP contribution in [0.2, 0.25) is 0 Å². The van der Waals surface area contributed by atoms with Crippen molar-refractivity contribution in [3.63, 3.8) is 0 Å². The molecule has 2 heterocycles. The molecule has 3 aromatic rings. The minimum absolute atomic E-state index is 0.370. The van der Waals surface area contributed by atoms with E-state index in [0.29, 0.717) is 25.1 Å². The van der Waals surface area contributed by atoms with Crippen LogP contribution in [0.5, 0.6) is 0 Å². The lowest BCUT2D eigenvalue weighted by atomic mass is 10.1. The van der Waals surface area contributed by atoms with Gasteiger partial charge in [0.05, 0.1) is 11.9 Å². The molecule has 0 aliphatic heterocycles. The SMILES string of the molecule is CCCCc1ncc(/C=C(\Cc2cccs2)C(=O)O)n1Cc1ccc(CN)cc1. The molecule has 6 heteroatoms. The molecule has 29 heavy (non-hydrogen) atoms. The fraction of sp³-hybridized carbons (Fsp3) is 0.304. The highest BCUT2D eigenvalue weighted by Crippen LogP contribution is 2.20. The van der Waals surface area contributed by atoms with E-state index in [-0.39, 0.29) is 0 Å². The first-order valence-corrected chi connectivity index (χ1v) is 10.8. The second-order valence-corrected chi connectivity index (χ2v) is 8.07. The zero-order valence-corrected chi connectivity index (χ0v) is 17.5. The Morgan fingerprint density at radius 2 is 2.00 bits per heavy atom. The fourth-order valence-electron chi connectivity index (χ4n) is 3.19. The number of hydrogen-bond donors (Lipinski definition) is 2. The zero-order chi connectivity index (χ0) is 20.6. The van der Waals surface area contributed by atoms with E-state index in [1.165, 1.54) is 0 Å². The van der Waals surface area contributed by atoms with Gasteiger partial charge in [-0.15, -0.1) is 11.3 Å². The first-order valence-electron chi connectivity index (χ1n) is 9.89. The molecule has 5 nitrogen and oxygen atoms in total. The summed E-state index contributed by atoms with van der Waals surface area (Å²) < 4.78 is 2.13. The Bertz CT molecular complexity index is 957. The number of aliphatic carboxylic acids is 1. The highest BCUT2D eigenvalue weighted by molar-refractivity contribution is 7.09. The van der Waals surface area contributed by atoms with Crippen molar-refractivity contribution in [3.8, 4) is 0 Å². The third kappa shape index (κ3) is 5.65. The van der Waals surface area contributed by atoms with Crippen molar-refractivity contribution >= 4 is 23.4 Å². The van der Waals surface area contributed by atoms with Crippen LogP contribution < -0.4 is 5.73 Å². The summed E-state index contributed by atoms with van der Waals surface area (Å²) in [6.07, 6.45) is 6.97. The van der Waals surface area contributed by atoms with Crippen LogP contribution in [0.3, 0.4) is 0 Å². The van der Waals surface area contributed by atoms with Crippen molar-refractivity contribution in [1.29, 1.82) is 0 Å². The number of carbonyl (C=O) groups is 1. The van der Waals surface area contributed by atoms with Gasteiger partial charge in [-0.1, -0.05) is 43.7 Å². The molecule has 2 aromatic heterocycles. The first kappa shape index (κ1) is 21.0. The van der Waals surface area contributed by atoms with Crippen LogP contribution in [0.4, 0.5) is 0 Å². The number of thiophene rings is 1. The molecule has 0 atom stereocenters. The predicted octanol–water partition coefficient (Wildman–Crippen LogP) is 4.50. The smallest absolute Gasteiger partial charge is 0.332 e. The predicted molar refractivity (Wildman–Crippen MR) is 118 cm³/mol. The number of unbranched alkanes of at least 4 members (excludes halogenated alkanes) is 1. The van der Waals surface area contributed by atoms with E-state index < -0.39 is 5.97 Å². The molecule has 0 fully saturated rings. The fourth-order valence-corrected chi connectivity index (χ4v) is 3.92. The van der Waals surface area contributed by atoms with E-state index in [2.05, 4.69) is 28.6 Å². The van der Waals surface area contributed by atoms with Crippen LogP contribution in [0, 0.1) is 0 Å². The number of carboxylic acid groups (broad SMARTS) is 1. The largest absolute Gasteiger partial charge is 0.478 e. The Balaban J connectivity index is 1.93. The molecule has 3 N–H and O–H groups in total. The molecular weight excluding hydrogens is 382 g/mol. The summed E-state index contributed by atoms with van der Waals surface area (Å²) >= 11 is 1.57. The van der Waals surface area contributed by atoms with E-state index in [4.69, 9.17) is 5.73 Å². The Morgan fingerprint density at radius 3 is 2.62 bits per heavy atom. The number of aromatic nitrogens is 2. The lowest BCUT2D eigenvalue weighted by molar-refractivity contribution is -0.132. The third-order valence-corrected chi connectivity index (χ3v) is 5.74. The van der Waals surface area contributed by atoms with Crippen molar-refractivity contribution in [2.75, 3.05) is 0 Å². The Morgan fingerprint density at radius 1 is 1.24 bits per heavy atom. The van der Waals surface area contributed by atoms with Crippen LogP contribution in [0.15, 0.2) is 53.5 Å². The molecule has 0 saturated heterocycles. The summed E-state index contributed by atoms with van der Waals surface area (Å²) in [5.41, 5.74) is 9.13. The van der Waals surface area contributed by atoms with Crippen LogP contribution in [-0.4, -0.2) is 20.6 Å². The van der Waals surface area contributed by atoms with Gasteiger partial charge in [0, 0.05) is 36.4 Å². The molecule has 0 bridgehead atoms. The molecule has 0 saturated carbocycles. The first-order chi connectivity index (χ1) is 14.1. The molecule has 1 aromatic carbocycles. The van der Waals surface area contributed by atoms with Gasteiger partial charge >= 0.3 is 5.97 Å². The minimum atomic E-state index is -0.895. The molecule has 3 rings (SSSR count). The van der Waals surface area contributed by atoms with Gasteiger partial charge < -0.3 is 15.4 Å². The number of rotatable bonds is 10. The number of aryl methyl sites for hydroxylation is 1. The Kier molecular flexibility index (Phi) is 7.38. The summed E-state index contributed by atoms with van der Waals surface area (Å²) in [6, 6.07) is 12.1. The van der Waals surface area contributed by atoms with E-state index in [1.54, 1.807) is 23.6 Å². The summed E-state index contributed by atoms with van der Waals surface area (Å²) in [5.74, 6) is 0.0930. The van der Waals surface area contributed by atoms with Gasteiger partial charge in [0.2, 0.25) is 0 Å². The van der Waals surface area contributed by atoms with Gasteiger partial charge in [-0.2, -0.15) is 0 Å². The number of nitrogens with two attached hydrogens (primary N) is 1. The van der Waals surface area contributed by atoms with E-state index in [0.717, 1.165) is 46.8 Å². The average Bonchev–Trinajstić information content (AvgIpc) is 3.37. The topological polar surface area (TPSA) is 81.1 Å². The number of benzene rings is 1. The lowest BCUT2D eigenvalue weighted by Crippen LogP contribution is -2.09. The van der Waals surface area contributed by atoms with Gasteiger partial charge in [0.15, 0.2) is 0 Å². The average molecular weight is 410 g/mol. The summed E-state index contributed by atoms with van der Waals surface area (Å²) in [7, 11) is 0. The van der Waals surface area contributed by atoms with Crippen LogP contribution in [-0.2, 0) is 30.7 Å². The van der Waals surface area contributed by atoms with Crippen LogP contribution in [0.25, 0.3) is 6.08 Å². The quantitative estimate of drug-likeness (QED) is 0.483. The van der Waals surface area contributed by atoms with Crippen LogP contribution in [0.1, 0.15) is 47.3 Å². The maximum absolute atomic E-state index is 11.8. The Hall–Kier alpha value is -2.70. The molecular formula is C23H27N3O2S. The van der Waals surface area contributed by atoms with E-state index in [9.17, 15) is 9.90 Å². The number of nitrogens with zero attached hydrogens (tertiary/aromatic N) is 2. The Labute approximate surface area is 175 Å². The van der Waals surface area contributed by atoms with Gasteiger partial charge in [0.25, 0.3) is 0 Å². The highest BCUT2D eigenvalue weighted by atomic mass is 32.1. The van der Waals surface area contributed by atoms with Gasteiger partial charge in [-0.25, -0.2) is 9.78 Å². The molecule has 152 valence electrons. The monoisotopic (exact) mass is 409 g/mol.